The van der Waals surface area contributed by atoms with Crippen LogP contribution >= 0.6 is 0 Å². The first-order valence-electron chi connectivity index (χ1n) is 5.08. The molecule has 2 heteroatoms. The van der Waals surface area contributed by atoms with Gasteiger partial charge in [0.1, 0.15) is 5.82 Å². The molecule has 0 aromatic carbocycles. The second-order valence-electron chi connectivity index (χ2n) is 2.92. The smallest absolute Gasteiger partial charge is 0.127 e. The third kappa shape index (κ3) is 5.34. The van der Waals surface area contributed by atoms with Crippen LogP contribution in [0.3, 0.4) is 0 Å². The van der Waals surface area contributed by atoms with Crippen molar-refractivity contribution in [2.24, 2.45) is 0 Å². The Kier molecular flexibility index (Phi) is 7.17. The van der Waals surface area contributed by atoms with E-state index in [1.165, 1.54) is 12.0 Å². The molecule has 0 aliphatic heterocycles. The molecule has 0 spiro atoms. The van der Waals surface area contributed by atoms with Crippen molar-refractivity contribution in [2.45, 2.75) is 47.0 Å². The van der Waals surface area contributed by atoms with Gasteiger partial charge in [-0.3, -0.25) is 0 Å². The van der Waals surface area contributed by atoms with Crippen molar-refractivity contribution >= 4 is 0 Å². The summed E-state index contributed by atoms with van der Waals surface area (Å²) in [5.74, 6) is 0.928. The molecule has 1 aromatic rings. The van der Waals surface area contributed by atoms with Crippen LogP contribution in [0.15, 0.2) is 12.4 Å². The van der Waals surface area contributed by atoms with Gasteiger partial charge in [0.2, 0.25) is 0 Å². The molecular weight excluding hydrogens is 160 g/mol. The van der Waals surface area contributed by atoms with E-state index in [0.29, 0.717) is 0 Å². The van der Waals surface area contributed by atoms with Crippen LogP contribution in [0.5, 0.6) is 0 Å². The topological polar surface area (TPSA) is 25.8 Å². The summed E-state index contributed by atoms with van der Waals surface area (Å²) < 4.78 is 0. The molecule has 0 N–H and O–H groups in total. The zero-order chi connectivity index (χ0) is 10.1. The summed E-state index contributed by atoms with van der Waals surface area (Å²) in [5, 5.41) is 0. The van der Waals surface area contributed by atoms with E-state index in [2.05, 4.69) is 37.7 Å². The van der Waals surface area contributed by atoms with Crippen molar-refractivity contribution < 1.29 is 0 Å². The molecule has 2 nitrogen and oxygen atoms in total. The van der Waals surface area contributed by atoms with Gasteiger partial charge in [0, 0.05) is 18.8 Å². The highest BCUT2D eigenvalue weighted by molar-refractivity contribution is 5.04. The molecule has 0 unspecified atom stereocenters. The molecular formula is C11H20N2. The fourth-order valence-corrected chi connectivity index (χ4v) is 0.747. The highest BCUT2D eigenvalue weighted by atomic mass is 14.8. The minimum absolute atomic E-state index is 0.921. The molecule has 0 fully saturated rings. The van der Waals surface area contributed by atoms with Gasteiger partial charge in [-0.05, 0) is 12.0 Å². The Morgan fingerprint density at radius 1 is 0.923 bits per heavy atom. The Balaban J connectivity index is 0.000000424. The number of hydrogen-bond donors (Lipinski definition) is 0. The monoisotopic (exact) mass is 180 g/mol. The first-order chi connectivity index (χ1) is 6.28. The van der Waals surface area contributed by atoms with Gasteiger partial charge in [0.15, 0.2) is 0 Å². The largest absolute Gasteiger partial charge is 0.241 e. The van der Waals surface area contributed by atoms with Gasteiger partial charge in [0.05, 0.1) is 0 Å². The van der Waals surface area contributed by atoms with E-state index in [4.69, 9.17) is 0 Å². The summed E-state index contributed by atoms with van der Waals surface area (Å²) in [7, 11) is 0. The predicted molar refractivity (Wildman–Crippen MR) is 56.8 cm³/mol. The fraction of sp³-hybridized carbons (Fsp3) is 0.636. The van der Waals surface area contributed by atoms with Crippen LogP contribution in [0.4, 0.5) is 0 Å². The second kappa shape index (κ2) is 7.71. The zero-order valence-electron chi connectivity index (χ0n) is 9.17. The van der Waals surface area contributed by atoms with Crippen LogP contribution in [-0.2, 0) is 12.8 Å². The predicted octanol–water partition coefficient (Wildman–Crippen LogP) is 3.02. The number of aromatic nitrogens is 2. The van der Waals surface area contributed by atoms with Gasteiger partial charge in [-0.1, -0.05) is 34.1 Å². The number of rotatable bonds is 2. The van der Waals surface area contributed by atoms with E-state index >= 15 is 0 Å². The maximum Gasteiger partial charge on any atom is 0.127 e. The fourth-order valence-electron chi connectivity index (χ4n) is 0.747. The van der Waals surface area contributed by atoms with Crippen molar-refractivity contribution in [2.75, 3.05) is 0 Å². The molecule has 0 atom stereocenters. The van der Waals surface area contributed by atoms with E-state index < -0.39 is 0 Å². The van der Waals surface area contributed by atoms with Crippen molar-refractivity contribution in [3.8, 4) is 0 Å². The van der Waals surface area contributed by atoms with Crippen molar-refractivity contribution in [3.63, 3.8) is 0 Å². The molecule has 1 aromatic heterocycles. The van der Waals surface area contributed by atoms with Gasteiger partial charge in [-0.25, -0.2) is 9.97 Å². The normalized spacial score (nSPS) is 8.92. The molecule has 1 rings (SSSR count). The SMILES string of the molecule is CCC.CCc1cnc(CC)nc1. The summed E-state index contributed by atoms with van der Waals surface area (Å²) in [6, 6.07) is 0. The van der Waals surface area contributed by atoms with Crippen molar-refractivity contribution in [1.29, 1.82) is 0 Å². The Hall–Kier alpha value is -0.920. The first kappa shape index (κ1) is 12.1. The molecule has 0 saturated carbocycles. The maximum absolute atomic E-state index is 4.16. The van der Waals surface area contributed by atoms with Crippen LogP contribution in [0.2, 0.25) is 0 Å². The van der Waals surface area contributed by atoms with Gasteiger partial charge >= 0.3 is 0 Å². The Morgan fingerprint density at radius 2 is 1.38 bits per heavy atom. The van der Waals surface area contributed by atoms with Crippen molar-refractivity contribution in [3.05, 3.63) is 23.8 Å². The minimum Gasteiger partial charge on any atom is -0.241 e. The average Bonchev–Trinajstić information content (AvgIpc) is 2.19. The quantitative estimate of drug-likeness (QED) is 0.699. The summed E-state index contributed by atoms with van der Waals surface area (Å²) in [6.45, 7) is 8.41. The van der Waals surface area contributed by atoms with E-state index in [9.17, 15) is 0 Å². The third-order valence-electron chi connectivity index (χ3n) is 1.48. The first-order valence-corrected chi connectivity index (χ1v) is 5.08. The van der Waals surface area contributed by atoms with Gasteiger partial charge in [0.25, 0.3) is 0 Å². The van der Waals surface area contributed by atoms with Crippen LogP contribution in [0, 0.1) is 0 Å². The summed E-state index contributed by atoms with van der Waals surface area (Å²) in [6.07, 6.45) is 6.98. The van der Waals surface area contributed by atoms with E-state index in [1.807, 2.05) is 12.4 Å². The Morgan fingerprint density at radius 3 is 1.69 bits per heavy atom. The molecule has 0 bridgehead atoms. The van der Waals surface area contributed by atoms with Crippen molar-refractivity contribution in [1.82, 2.24) is 9.97 Å². The molecule has 0 aliphatic rings. The van der Waals surface area contributed by atoms with E-state index in [0.717, 1.165) is 18.7 Å². The van der Waals surface area contributed by atoms with Gasteiger partial charge < -0.3 is 0 Å². The third-order valence-corrected chi connectivity index (χ3v) is 1.48. The lowest BCUT2D eigenvalue weighted by Gasteiger charge is -1.95. The molecule has 13 heavy (non-hydrogen) atoms. The lowest BCUT2D eigenvalue weighted by Crippen LogP contribution is -1.93. The second-order valence-corrected chi connectivity index (χ2v) is 2.92. The summed E-state index contributed by atoms with van der Waals surface area (Å²) in [4.78, 5) is 8.31. The molecule has 1 heterocycles. The molecule has 0 aliphatic carbocycles. The van der Waals surface area contributed by atoms with Crippen LogP contribution in [-0.4, -0.2) is 9.97 Å². The average molecular weight is 180 g/mol. The van der Waals surface area contributed by atoms with E-state index in [1.54, 1.807) is 0 Å². The molecule has 0 amide bonds. The van der Waals surface area contributed by atoms with Crippen LogP contribution in [0.25, 0.3) is 0 Å². The standard InChI is InChI=1S/C8H12N2.C3H8/c1-3-7-5-9-8(4-2)10-6-7;1-3-2/h5-6H,3-4H2,1-2H3;3H2,1-2H3. The number of hydrogen-bond acceptors (Lipinski definition) is 2. The number of aryl methyl sites for hydroxylation is 2. The summed E-state index contributed by atoms with van der Waals surface area (Å²) >= 11 is 0. The number of nitrogens with zero attached hydrogens (tertiary/aromatic N) is 2. The zero-order valence-corrected chi connectivity index (χ0v) is 9.17. The molecule has 74 valence electrons. The van der Waals surface area contributed by atoms with E-state index in [-0.39, 0.29) is 0 Å². The lowest BCUT2D eigenvalue weighted by molar-refractivity contribution is 0.913. The van der Waals surface area contributed by atoms with Crippen LogP contribution in [0.1, 0.15) is 45.5 Å². The van der Waals surface area contributed by atoms with Gasteiger partial charge in [-0.15, -0.1) is 0 Å². The van der Waals surface area contributed by atoms with Crippen LogP contribution < -0.4 is 0 Å². The highest BCUT2D eigenvalue weighted by Gasteiger charge is 1.91. The molecule has 0 saturated heterocycles. The van der Waals surface area contributed by atoms with Gasteiger partial charge in [-0.2, -0.15) is 0 Å². The highest BCUT2D eigenvalue weighted by Crippen LogP contribution is 1.96. The minimum atomic E-state index is 0.921. The Labute approximate surface area is 81.4 Å². The lowest BCUT2D eigenvalue weighted by atomic mass is 10.3. The maximum atomic E-state index is 4.16. The summed E-state index contributed by atoms with van der Waals surface area (Å²) in [5.41, 5.74) is 1.21. The molecule has 0 radical (unpaired) electrons. The Bertz CT molecular complexity index is 181.